The van der Waals surface area contributed by atoms with Crippen LogP contribution in [0.25, 0.3) is 0 Å². The highest BCUT2D eigenvalue weighted by molar-refractivity contribution is 7.87. The van der Waals surface area contributed by atoms with Gasteiger partial charge in [-0.25, -0.2) is 0 Å². The number of ether oxygens (including phenoxy) is 1. The molecule has 29 heavy (non-hydrogen) atoms. The molecule has 0 bridgehead atoms. The van der Waals surface area contributed by atoms with Gasteiger partial charge in [0, 0.05) is 13.1 Å². The predicted octanol–water partition coefficient (Wildman–Crippen LogP) is 4.38. The van der Waals surface area contributed by atoms with Crippen molar-refractivity contribution >= 4 is 27.6 Å². The number of hydrogen-bond donors (Lipinski definition) is 0. The largest absolute Gasteiger partial charge is 0.493 e. The Bertz CT molecular complexity index is 959. The summed E-state index contributed by atoms with van der Waals surface area (Å²) in [6, 6.07) is 11.9. The fraction of sp³-hybridized carbons (Fsp3) is 0.381. The Hall–Kier alpha value is -2.25. The van der Waals surface area contributed by atoms with Gasteiger partial charge in [-0.05, 0) is 42.7 Å². The van der Waals surface area contributed by atoms with E-state index in [1.54, 1.807) is 47.4 Å². The van der Waals surface area contributed by atoms with Crippen molar-refractivity contribution in [2.45, 2.75) is 27.3 Å². The lowest BCUT2D eigenvalue weighted by atomic mass is 10.1. The van der Waals surface area contributed by atoms with E-state index in [1.807, 2.05) is 13.8 Å². The van der Waals surface area contributed by atoms with Crippen LogP contribution in [0.5, 0.6) is 11.5 Å². The predicted molar refractivity (Wildman–Crippen MR) is 114 cm³/mol. The molecule has 0 aliphatic carbocycles. The van der Waals surface area contributed by atoms with Crippen molar-refractivity contribution in [3.05, 3.63) is 58.6 Å². The summed E-state index contributed by atoms with van der Waals surface area (Å²) in [5.74, 6) is 0.282. The highest BCUT2D eigenvalue weighted by atomic mass is 35.5. The molecule has 0 aromatic heterocycles. The van der Waals surface area contributed by atoms with Gasteiger partial charge in [-0.1, -0.05) is 43.6 Å². The first kappa shape index (κ1) is 23.0. The zero-order valence-electron chi connectivity index (χ0n) is 17.0. The fourth-order valence-electron chi connectivity index (χ4n) is 2.77. The van der Waals surface area contributed by atoms with E-state index in [2.05, 4.69) is 0 Å². The number of halogens is 1. The van der Waals surface area contributed by atoms with Crippen molar-refractivity contribution in [2.24, 2.45) is 5.92 Å². The number of benzene rings is 2. The molecule has 0 spiro atoms. The second-order valence-corrected chi connectivity index (χ2v) is 9.24. The molecule has 2 aromatic carbocycles. The van der Waals surface area contributed by atoms with Crippen molar-refractivity contribution < 1.29 is 22.1 Å². The van der Waals surface area contributed by atoms with Crippen molar-refractivity contribution in [2.75, 3.05) is 19.4 Å². The van der Waals surface area contributed by atoms with Gasteiger partial charge in [-0.15, -0.1) is 0 Å². The van der Waals surface area contributed by atoms with Crippen LogP contribution in [0.15, 0.2) is 42.5 Å². The molecule has 158 valence electrons. The second kappa shape index (κ2) is 9.98. The molecule has 0 fully saturated rings. The van der Waals surface area contributed by atoms with Gasteiger partial charge >= 0.3 is 10.1 Å². The summed E-state index contributed by atoms with van der Waals surface area (Å²) < 4.78 is 34.1. The third-order valence-electron chi connectivity index (χ3n) is 4.15. The molecule has 0 N–H and O–H groups in total. The highest BCUT2D eigenvalue weighted by Crippen LogP contribution is 2.30. The smallest absolute Gasteiger partial charge is 0.309 e. The van der Waals surface area contributed by atoms with Crippen LogP contribution >= 0.6 is 11.6 Å². The molecule has 1 amide bonds. The lowest BCUT2D eigenvalue weighted by molar-refractivity contribution is 0.0722. The van der Waals surface area contributed by atoms with E-state index in [0.29, 0.717) is 28.4 Å². The van der Waals surface area contributed by atoms with Crippen LogP contribution in [0, 0.1) is 5.92 Å². The lowest BCUT2D eigenvalue weighted by Gasteiger charge is -2.25. The Morgan fingerprint density at radius 3 is 2.41 bits per heavy atom. The van der Waals surface area contributed by atoms with Crippen molar-refractivity contribution in [3.63, 3.8) is 0 Å². The van der Waals surface area contributed by atoms with Crippen LogP contribution in [0.2, 0.25) is 5.02 Å². The maximum absolute atomic E-state index is 13.1. The molecule has 2 aromatic rings. The van der Waals surface area contributed by atoms with E-state index in [-0.39, 0.29) is 29.9 Å². The van der Waals surface area contributed by atoms with E-state index in [0.717, 1.165) is 0 Å². The van der Waals surface area contributed by atoms with Crippen LogP contribution in [0.3, 0.4) is 0 Å². The summed E-state index contributed by atoms with van der Waals surface area (Å²) >= 11 is 6.21. The van der Waals surface area contributed by atoms with E-state index in [9.17, 15) is 13.2 Å². The van der Waals surface area contributed by atoms with Crippen LogP contribution < -0.4 is 8.92 Å². The number of carbonyl (C=O) groups excluding carboxylic acids is 1. The first-order valence-corrected chi connectivity index (χ1v) is 11.2. The van der Waals surface area contributed by atoms with Gasteiger partial charge in [0.05, 0.1) is 23.4 Å². The summed E-state index contributed by atoms with van der Waals surface area (Å²) in [6.45, 7) is 6.32. The average molecular weight is 440 g/mol. The Morgan fingerprint density at radius 1 is 1.14 bits per heavy atom. The minimum Gasteiger partial charge on any atom is -0.493 e. The average Bonchev–Trinajstić information content (AvgIpc) is 2.67. The molecule has 0 aliphatic rings. The monoisotopic (exact) mass is 439 g/mol. The molecule has 0 saturated heterocycles. The Labute approximate surface area is 177 Å². The van der Waals surface area contributed by atoms with Gasteiger partial charge in [0.1, 0.15) is 0 Å². The van der Waals surface area contributed by atoms with Gasteiger partial charge in [0.2, 0.25) is 0 Å². The van der Waals surface area contributed by atoms with E-state index >= 15 is 0 Å². The van der Waals surface area contributed by atoms with Crippen LogP contribution in [-0.2, 0) is 16.7 Å². The van der Waals surface area contributed by atoms with Crippen LogP contribution in [-0.4, -0.2) is 38.6 Å². The minimum absolute atomic E-state index is 0.0986. The zero-order chi connectivity index (χ0) is 21.6. The third-order valence-corrected chi connectivity index (χ3v) is 5.62. The number of carbonyl (C=O) groups is 1. The summed E-state index contributed by atoms with van der Waals surface area (Å²) in [4.78, 5) is 14.8. The normalized spacial score (nSPS) is 11.4. The number of hydrogen-bond acceptors (Lipinski definition) is 5. The molecule has 0 saturated carbocycles. The molecular formula is C21H26ClNO5S. The number of rotatable bonds is 9. The van der Waals surface area contributed by atoms with E-state index in [4.69, 9.17) is 20.5 Å². The molecule has 8 heteroatoms. The summed E-state index contributed by atoms with van der Waals surface area (Å²) in [5, 5.41) is 0.388. The number of amides is 1. The lowest BCUT2D eigenvalue weighted by Crippen LogP contribution is -2.34. The maximum atomic E-state index is 13.1. The molecule has 0 heterocycles. The number of nitrogens with zero attached hydrogens (tertiary/aromatic N) is 1. The number of methoxy groups -OCH3 is 1. The molecule has 0 atom stereocenters. The standard InChI is InChI=1S/C21H26ClNO5S/c1-5-29(25,26)28-20-12-16(10-11-19(20)27-4)14-23(13-15(2)3)21(24)17-8-6-7-9-18(17)22/h6-12,15H,5,13-14H2,1-4H3. The molecule has 0 radical (unpaired) electrons. The summed E-state index contributed by atoms with van der Waals surface area (Å²) in [5.41, 5.74) is 1.14. The van der Waals surface area contributed by atoms with Gasteiger partial charge in [-0.2, -0.15) is 8.42 Å². The maximum Gasteiger partial charge on any atom is 0.309 e. The quantitative estimate of drug-likeness (QED) is 0.542. The van der Waals surface area contributed by atoms with Crippen LogP contribution in [0.4, 0.5) is 0 Å². The molecular weight excluding hydrogens is 414 g/mol. The van der Waals surface area contributed by atoms with Crippen molar-refractivity contribution in [3.8, 4) is 11.5 Å². The molecule has 2 rings (SSSR count). The first-order chi connectivity index (χ1) is 13.7. The van der Waals surface area contributed by atoms with Gasteiger partial charge in [0.15, 0.2) is 11.5 Å². The zero-order valence-corrected chi connectivity index (χ0v) is 18.6. The van der Waals surface area contributed by atoms with Crippen molar-refractivity contribution in [1.29, 1.82) is 0 Å². The SMILES string of the molecule is CCS(=O)(=O)Oc1cc(CN(CC(C)C)C(=O)c2ccccc2Cl)ccc1OC. The molecule has 0 aliphatic heterocycles. The fourth-order valence-corrected chi connectivity index (χ4v) is 3.50. The Morgan fingerprint density at radius 2 is 1.83 bits per heavy atom. The third kappa shape index (κ3) is 6.37. The van der Waals surface area contributed by atoms with Crippen LogP contribution in [0.1, 0.15) is 36.7 Å². The topological polar surface area (TPSA) is 72.9 Å². The molecule has 6 nitrogen and oxygen atoms in total. The first-order valence-electron chi connectivity index (χ1n) is 9.29. The summed E-state index contributed by atoms with van der Waals surface area (Å²) in [6.07, 6.45) is 0. The second-order valence-electron chi connectivity index (χ2n) is 6.97. The Kier molecular flexibility index (Phi) is 7.93. The van der Waals surface area contributed by atoms with E-state index < -0.39 is 10.1 Å². The van der Waals surface area contributed by atoms with Crippen molar-refractivity contribution in [1.82, 2.24) is 4.90 Å². The van der Waals surface area contributed by atoms with Gasteiger partial charge in [-0.3, -0.25) is 4.79 Å². The molecule has 0 unspecified atom stereocenters. The van der Waals surface area contributed by atoms with Gasteiger partial charge in [0.25, 0.3) is 5.91 Å². The summed E-state index contributed by atoms with van der Waals surface area (Å²) in [7, 11) is -2.28. The highest BCUT2D eigenvalue weighted by Gasteiger charge is 2.21. The minimum atomic E-state index is -3.71. The Balaban J connectivity index is 2.36. The van der Waals surface area contributed by atoms with E-state index in [1.165, 1.54) is 14.0 Å². The van der Waals surface area contributed by atoms with Gasteiger partial charge < -0.3 is 13.8 Å².